The maximum absolute atomic E-state index is 13.7. The van der Waals surface area contributed by atoms with Crippen LogP contribution in [0.15, 0.2) is 24.3 Å². The first kappa shape index (κ1) is 15.2. The lowest BCUT2D eigenvalue weighted by atomic mass is 10.0. The van der Waals surface area contributed by atoms with Gasteiger partial charge in [0.2, 0.25) is 5.82 Å². The smallest absolute Gasteiger partial charge is 0.271 e. The Morgan fingerprint density at radius 2 is 2.18 bits per heavy atom. The summed E-state index contributed by atoms with van der Waals surface area (Å²) in [6, 6.07) is 7.14. The Balaban J connectivity index is 1.73. The quantitative estimate of drug-likeness (QED) is 0.833. The van der Waals surface area contributed by atoms with E-state index in [-0.39, 0.29) is 12.4 Å². The second-order valence-electron chi connectivity index (χ2n) is 5.52. The minimum atomic E-state index is -0.253. The number of rotatable bonds is 5. The highest BCUT2D eigenvalue weighted by Crippen LogP contribution is 2.32. The zero-order valence-electron chi connectivity index (χ0n) is 12.7. The van der Waals surface area contributed by atoms with Crippen LogP contribution >= 0.6 is 11.7 Å². The number of hydrogen-bond donors (Lipinski definition) is 0. The van der Waals surface area contributed by atoms with Crippen LogP contribution in [0.1, 0.15) is 38.2 Å². The van der Waals surface area contributed by atoms with Crippen molar-refractivity contribution in [1.82, 2.24) is 8.75 Å². The molecular weight excluding hydrogens is 301 g/mol. The van der Waals surface area contributed by atoms with Crippen molar-refractivity contribution in [3.63, 3.8) is 0 Å². The Bertz CT molecular complexity index is 619. The molecule has 4 nitrogen and oxygen atoms in total. The second-order valence-corrected chi connectivity index (χ2v) is 6.05. The maximum atomic E-state index is 13.7. The fourth-order valence-corrected chi connectivity index (χ4v) is 3.42. The van der Waals surface area contributed by atoms with Gasteiger partial charge in [0.1, 0.15) is 12.4 Å². The van der Waals surface area contributed by atoms with E-state index in [0.717, 1.165) is 30.5 Å². The molecule has 2 aromatic rings. The van der Waals surface area contributed by atoms with Crippen molar-refractivity contribution in [2.24, 2.45) is 0 Å². The SMILES string of the molecule is CCC1CCCCN1c1nsnc1OCc1ccccc1F. The molecule has 0 spiro atoms. The summed E-state index contributed by atoms with van der Waals surface area (Å²) >= 11 is 1.15. The number of piperidine rings is 1. The molecule has 1 atom stereocenters. The fraction of sp³-hybridized carbons (Fsp3) is 0.500. The molecule has 1 aromatic heterocycles. The van der Waals surface area contributed by atoms with E-state index >= 15 is 0 Å². The molecule has 0 saturated carbocycles. The zero-order valence-corrected chi connectivity index (χ0v) is 13.5. The van der Waals surface area contributed by atoms with Crippen LogP contribution in [0, 0.1) is 5.82 Å². The van der Waals surface area contributed by atoms with Gasteiger partial charge in [-0.1, -0.05) is 25.1 Å². The van der Waals surface area contributed by atoms with E-state index in [0.29, 0.717) is 17.5 Å². The molecule has 22 heavy (non-hydrogen) atoms. The summed E-state index contributed by atoms with van der Waals surface area (Å²) in [7, 11) is 0. The largest absolute Gasteiger partial charge is 0.469 e. The molecule has 0 radical (unpaired) electrons. The van der Waals surface area contributed by atoms with E-state index in [1.165, 1.54) is 25.3 Å². The summed E-state index contributed by atoms with van der Waals surface area (Å²) in [5.41, 5.74) is 0.534. The van der Waals surface area contributed by atoms with Crippen LogP contribution in [0.2, 0.25) is 0 Å². The fourth-order valence-electron chi connectivity index (χ4n) is 2.91. The lowest BCUT2D eigenvalue weighted by Gasteiger charge is -2.35. The van der Waals surface area contributed by atoms with Gasteiger partial charge in [0, 0.05) is 18.2 Å². The van der Waals surface area contributed by atoms with Gasteiger partial charge < -0.3 is 9.64 Å². The van der Waals surface area contributed by atoms with E-state index in [4.69, 9.17) is 4.74 Å². The summed E-state index contributed by atoms with van der Waals surface area (Å²) in [6.07, 6.45) is 4.70. The van der Waals surface area contributed by atoms with Crippen LogP contribution in [-0.4, -0.2) is 21.3 Å². The van der Waals surface area contributed by atoms with Crippen LogP contribution in [-0.2, 0) is 6.61 Å². The van der Waals surface area contributed by atoms with Crippen LogP contribution in [0.25, 0.3) is 0 Å². The molecule has 118 valence electrons. The molecule has 0 bridgehead atoms. The summed E-state index contributed by atoms with van der Waals surface area (Å²) in [5.74, 6) is 1.08. The number of aromatic nitrogens is 2. The van der Waals surface area contributed by atoms with Crippen molar-refractivity contribution < 1.29 is 9.13 Å². The number of hydrogen-bond acceptors (Lipinski definition) is 5. The average Bonchev–Trinajstić information content (AvgIpc) is 3.02. The van der Waals surface area contributed by atoms with Gasteiger partial charge in [0.05, 0.1) is 11.7 Å². The van der Waals surface area contributed by atoms with Gasteiger partial charge in [0.15, 0.2) is 0 Å². The van der Waals surface area contributed by atoms with Gasteiger partial charge >= 0.3 is 0 Å². The highest BCUT2D eigenvalue weighted by Gasteiger charge is 2.26. The molecule has 1 saturated heterocycles. The molecular formula is C16H20FN3OS. The molecule has 6 heteroatoms. The Morgan fingerprint density at radius 3 is 3.00 bits per heavy atom. The van der Waals surface area contributed by atoms with E-state index < -0.39 is 0 Å². The molecule has 2 heterocycles. The van der Waals surface area contributed by atoms with Crippen LogP contribution < -0.4 is 9.64 Å². The van der Waals surface area contributed by atoms with Crippen LogP contribution in [0.5, 0.6) is 5.88 Å². The van der Waals surface area contributed by atoms with Gasteiger partial charge in [-0.2, -0.15) is 4.37 Å². The Morgan fingerprint density at radius 1 is 1.32 bits per heavy atom. The molecule has 0 amide bonds. The van der Waals surface area contributed by atoms with Crippen LogP contribution in [0.4, 0.5) is 10.2 Å². The molecule has 1 unspecified atom stereocenters. The summed E-state index contributed by atoms with van der Waals surface area (Å²) in [5, 5.41) is 0. The molecule has 1 fully saturated rings. The third kappa shape index (κ3) is 3.21. The number of halogens is 1. The molecule has 1 aromatic carbocycles. The van der Waals surface area contributed by atoms with Gasteiger partial charge in [-0.05, 0) is 31.7 Å². The number of nitrogens with zero attached hydrogens (tertiary/aromatic N) is 3. The van der Waals surface area contributed by atoms with Crippen molar-refractivity contribution in [3.8, 4) is 5.88 Å². The number of anilines is 1. The lowest BCUT2D eigenvalue weighted by Crippen LogP contribution is -2.39. The van der Waals surface area contributed by atoms with Crippen molar-refractivity contribution in [1.29, 1.82) is 0 Å². The predicted molar refractivity (Wildman–Crippen MR) is 85.9 cm³/mol. The lowest BCUT2D eigenvalue weighted by molar-refractivity contribution is 0.289. The van der Waals surface area contributed by atoms with Gasteiger partial charge in [-0.25, -0.2) is 4.39 Å². The van der Waals surface area contributed by atoms with Crippen molar-refractivity contribution in [2.45, 2.75) is 45.3 Å². The first-order valence-electron chi connectivity index (χ1n) is 7.75. The van der Waals surface area contributed by atoms with Crippen molar-refractivity contribution in [3.05, 3.63) is 35.6 Å². The Kier molecular flexibility index (Phi) is 4.87. The van der Waals surface area contributed by atoms with Crippen molar-refractivity contribution in [2.75, 3.05) is 11.4 Å². The maximum Gasteiger partial charge on any atom is 0.271 e. The van der Waals surface area contributed by atoms with E-state index in [9.17, 15) is 4.39 Å². The van der Waals surface area contributed by atoms with Crippen molar-refractivity contribution >= 4 is 17.5 Å². The second kappa shape index (κ2) is 7.05. The monoisotopic (exact) mass is 321 g/mol. The van der Waals surface area contributed by atoms with E-state index in [2.05, 4.69) is 20.6 Å². The summed E-state index contributed by atoms with van der Waals surface area (Å²) < 4.78 is 28.1. The summed E-state index contributed by atoms with van der Waals surface area (Å²) in [4.78, 5) is 2.30. The zero-order chi connectivity index (χ0) is 15.4. The standard InChI is InChI=1S/C16H20FN3OS/c1-2-13-8-5-6-10-20(13)15-16(19-22-18-15)21-11-12-7-3-4-9-14(12)17/h3-4,7,9,13H,2,5-6,8,10-11H2,1H3. The van der Waals surface area contributed by atoms with E-state index in [1.54, 1.807) is 18.2 Å². The van der Waals surface area contributed by atoms with Gasteiger partial charge in [-0.3, -0.25) is 0 Å². The molecule has 3 rings (SSSR count). The highest BCUT2D eigenvalue weighted by atomic mass is 32.1. The number of benzene rings is 1. The third-order valence-electron chi connectivity index (χ3n) is 4.13. The van der Waals surface area contributed by atoms with Gasteiger partial charge in [0.25, 0.3) is 5.88 Å². The first-order valence-corrected chi connectivity index (χ1v) is 8.48. The highest BCUT2D eigenvalue weighted by molar-refractivity contribution is 6.99. The Labute approximate surface area is 134 Å². The minimum absolute atomic E-state index is 0.176. The third-order valence-corrected chi connectivity index (χ3v) is 4.64. The van der Waals surface area contributed by atoms with Gasteiger partial charge in [-0.15, -0.1) is 4.37 Å². The summed E-state index contributed by atoms with van der Waals surface area (Å²) in [6.45, 7) is 3.36. The molecule has 0 aliphatic carbocycles. The van der Waals surface area contributed by atoms with E-state index in [1.807, 2.05) is 0 Å². The average molecular weight is 321 g/mol. The topological polar surface area (TPSA) is 38.2 Å². The molecule has 0 N–H and O–H groups in total. The first-order chi connectivity index (χ1) is 10.8. The Hall–Kier alpha value is -1.69. The minimum Gasteiger partial charge on any atom is -0.469 e. The number of ether oxygens (including phenoxy) is 1. The van der Waals surface area contributed by atoms with Crippen LogP contribution in [0.3, 0.4) is 0 Å². The predicted octanol–water partition coefficient (Wildman–Crippen LogP) is 4.03. The molecule has 1 aliphatic heterocycles. The molecule has 1 aliphatic rings. The normalized spacial score (nSPS) is 18.5.